The summed E-state index contributed by atoms with van der Waals surface area (Å²) in [6.07, 6.45) is 0. The molecule has 1 N–H and O–H groups in total. The molecule has 2 unspecified atom stereocenters. The van der Waals surface area contributed by atoms with Crippen LogP contribution in [0, 0.1) is 6.92 Å². The number of hydrogen-bond donors (Lipinski definition) is 1. The second-order valence-corrected chi connectivity index (χ2v) is 6.80. The molecular weight excluding hydrogens is 246 g/mol. The number of rotatable bonds is 1. The molecule has 1 heterocycles. The van der Waals surface area contributed by atoms with Crippen LogP contribution >= 0.6 is 11.8 Å². The molecule has 1 aliphatic heterocycles. The third-order valence-electron chi connectivity index (χ3n) is 3.24. The van der Waals surface area contributed by atoms with Gasteiger partial charge in [-0.25, -0.2) is 0 Å². The summed E-state index contributed by atoms with van der Waals surface area (Å²) in [5, 5.41) is 10.6. The van der Waals surface area contributed by atoms with Crippen molar-refractivity contribution in [1.82, 2.24) is 4.90 Å². The molecule has 1 aromatic carbocycles. The monoisotopic (exact) mass is 265 g/mol. The van der Waals surface area contributed by atoms with Crippen molar-refractivity contribution in [3.63, 3.8) is 0 Å². The van der Waals surface area contributed by atoms with Crippen molar-refractivity contribution in [2.24, 2.45) is 0 Å². The summed E-state index contributed by atoms with van der Waals surface area (Å²) in [5.74, 6) is 0.218. The Morgan fingerprint density at radius 1 is 1.33 bits per heavy atom. The van der Waals surface area contributed by atoms with Gasteiger partial charge in [0.05, 0.1) is 0 Å². The van der Waals surface area contributed by atoms with Gasteiger partial charge in [-0.15, -0.1) is 0 Å². The normalized spacial score (nSPS) is 24.1. The highest BCUT2D eigenvalue weighted by Gasteiger charge is 2.27. The van der Waals surface area contributed by atoms with Crippen LogP contribution in [-0.4, -0.2) is 39.5 Å². The van der Waals surface area contributed by atoms with E-state index in [0.717, 1.165) is 13.1 Å². The first-order valence-corrected chi connectivity index (χ1v) is 7.16. The summed E-state index contributed by atoms with van der Waals surface area (Å²) in [4.78, 5) is 14.4. The number of aromatic hydroxyl groups is 1. The molecule has 1 aromatic rings. The Labute approximate surface area is 112 Å². The van der Waals surface area contributed by atoms with E-state index in [2.05, 4.69) is 13.8 Å². The Morgan fingerprint density at radius 3 is 2.56 bits per heavy atom. The van der Waals surface area contributed by atoms with E-state index < -0.39 is 0 Å². The second kappa shape index (κ2) is 5.22. The van der Waals surface area contributed by atoms with E-state index >= 15 is 0 Å². The van der Waals surface area contributed by atoms with Gasteiger partial charge in [-0.05, 0) is 19.1 Å². The van der Waals surface area contributed by atoms with Gasteiger partial charge in [-0.2, -0.15) is 11.8 Å². The van der Waals surface area contributed by atoms with Crippen LogP contribution in [0.25, 0.3) is 0 Å². The van der Waals surface area contributed by atoms with Crippen LogP contribution in [0.5, 0.6) is 5.75 Å². The maximum atomic E-state index is 12.5. The van der Waals surface area contributed by atoms with Crippen LogP contribution in [0.1, 0.15) is 29.8 Å². The van der Waals surface area contributed by atoms with E-state index in [-0.39, 0.29) is 11.7 Å². The molecule has 0 bridgehead atoms. The molecule has 18 heavy (non-hydrogen) atoms. The number of phenols is 1. The minimum Gasteiger partial charge on any atom is -0.508 e. The summed E-state index contributed by atoms with van der Waals surface area (Å²) in [6.45, 7) is 7.64. The lowest BCUT2D eigenvalue weighted by atomic mass is 10.1. The molecule has 0 spiro atoms. The average molecular weight is 265 g/mol. The fourth-order valence-corrected chi connectivity index (χ4v) is 3.69. The number of carbonyl (C=O) groups excluding carboxylic acids is 1. The second-order valence-electron chi connectivity index (χ2n) is 4.92. The van der Waals surface area contributed by atoms with Crippen molar-refractivity contribution >= 4 is 17.7 Å². The average Bonchev–Trinajstić information content (AvgIpc) is 2.30. The highest BCUT2D eigenvalue weighted by Crippen LogP contribution is 2.27. The van der Waals surface area contributed by atoms with Crippen molar-refractivity contribution < 1.29 is 9.90 Å². The van der Waals surface area contributed by atoms with Gasteiger partial charge in [0.2, 0.25) is 0 Å². The molecule has 0 radical (unpaired) electrons. The molecule has 1 aliphatic rings. The Kier molecular flexibility index (Phi) is 3.85. The molecule has 0 aromatic heterocycles. The lowest BCUT2D eigenvalue weighted by Crippen LogP contribution is -2.44. The van der Waals surface area contributed by atoms with Crippen LogP contribution in [0.15, 0.2) is 18.2 Å². The standard InChI is InChI=1S/C14H19NO2S/c1-9-7-15(8-10(2)18-9)14(17)12-5-4-6-13(16)11(12)3/h4-6,9-10,16H,7-8H2,1-3H3. The Bertz CT molecular complexity index is 451. The van der Waals surface area contributed by atoms with Gasteiger partial charge in [0.25, 0.3) is 5.91 Å². The zero-order chi connectivity index (χ0) is 13.3. The topological polar surface area (TPSA) is 40.5 Å². The van der Waals surface area contributed by atoms with Gasteiger partial charge in [0.1, 0.15) is 5.75 Å². The van der Waals surface area contributed by atoms with Gasteiger partial charge in [0.15, 0.2) is 0 Å². The molecule has 0 aliphatic carbocycles. The van der Waals surface area contributed by atoms with Crippen molar-refractivity contribution in [2.75, 3.05) is 13.1 Å². The molecule has 0 saturated carbocycles. The third-order valence-corrected chi connectivity index (χ3v) is 4.47. The van der Waals surface area contributed by atoms with Gasteiger partial charge in [-0.3, -0.25) is 4.79 Å². The van der Waals surface area contributed by atoms with Gasteiger partial charge in [0, 0.05) is 34.7 Å². The SMILES string of the molecule is Cc1c(O)cccc1C(=O)N1CC(C)SC(C)C1. The lowest BCUT2D eigenvalue weighted by molar-refractivity contribution is 0.0752. The van der Waals surface area contributed by atoms with Gasteiger partial charge in [-0.1, -0.05) is 19.9 Å². The fraction of sp³-hybridized carbons (Fsp3) is 0.500. The fourth-order valence-electron chi connectivity index (χ4n) is 2.37. The van der Waals surface area contributed by atoms with Crippen molar-refractivity contribution in [1.29, 1.82) is 0 Å². The van der Waals surface area contributed by atoms with Crippen LogP contribution in [0.4, 0.5) is 0 Å². The molecule has 1 fully saturated rings. The summed E-state index contributed by atoms with van der Waals surface area (Å²) in [7, 11) is 0. The number of nitrogens with zero attached hydrogens (tertiary/aromatic N) is 1. The van der Waals surface area contributed by atoms with E-state index in [1.54, 1.807) is 25.1 Å². The Hall–Kier alpha value is -1.16. The van der Waals surface area contributed by atoms with E-state index in [4.69, 9.17) is 0 Å². The summed E-state index contributed by atoms with van der Waals surface area (Å²) < 4.78 is 0. The van der Waals surface area contributed by atoms with Crippen molar-refractivity contribution in [2.45, 2.75) is 31.3 Å². The zero-order valence-electron chi connectivity index (χ0n) is 11.0. The minimum absolute atomic E-state index is 0.0300. The van der Waals surface area contributed by atoms with E-state index in [9.17, 15) is 9.90 Å². The van der Waals surface area contributed by atoms with Crippen LogP contribution in [0.3, 0.4) is 0 Å². The van der Waals surface area contributed by atoms with Gasteiger partial charge < -0.3 is 10.0 Å². The van der Waals surface area contributed by atoms with Crippen LogP contribution in [0.2, 0.25) is 0 Å². The molecule has 1 amide bonds. The number of phenolic OH excluding ortho intramolecular Hbond substituents is 1. The number of amides is 1. The Morgan fingerprint density at radius 2 is 1.94 bits per heavy atom. The molecule has 98 valence electrons. The van der Waals surface area contributed by atoms with E-state index in [1.807, 2.05) is 16.7 Å². The molecular formula is C14H19NO2S. The first-order chi connectivity index (χ1) is 8.49. The lowest BCUT2D eigenvalue weighted by Gasteiger charge is -2.35. The van der Waals surface area contributed by atoms with E-state index in [0.29, 0.717) is 21.6 Å². The van der Waals surface area contributed by atoms with E-state index in [1.165, 1.54) is 0 Å². The first kappa shape index (κ1) is 13.3. The predicted octanol–water partition coefficient (Wildman–Crippen LogP) is 2.67. The maximum Gasteiger partial charge on any atom is 0.254 e. The van der Waals surface area contributed by atoms with Crippen LogP contribution < -0.4 is 0 Å². The largest absolute Gasteiger partial charge is 0.508 e. The number of thioether (sulfide) groups is 1. The molecule has 2 rings (SSSR count). The van der Waals surface area contributed by atoms with Crippen molar-refractivity contribution in [3.8, 4) is 5.75 Å². The minimum atomic E-state index is 0.0300. The maximum absolute atomic E-state index is 12.5. The quantitative estimate of drug-likeness (QED) is 0.848. The third kappa shape index (κ3) is 2.64. The number of carbonyl (C=O) groups is 1. The van der Waals surface area contributed by atoms with Crippen molar-refractivity contribution in [3.05, 3.63) is 29.3 Å². The summed E-state index contributed by atoms with van der Waals surface area (Å²) in [6, 6.07) is 5.12. The predicted molar refractivity (Wildman–Crippen MR) is 75.3 cm³/mol. The zero-order valence-corrected chi connectivity index (χ0v) is 11.8. The summed E-state index contributed by atoms with van der Waals surface area (Å²) in [5.41, 5.74) is 1.28. The molecule has 2 atom stereocenters. The number of benzene rings is 1. The molecule has 1 saturated heterocycles. The molecule has 4 heteroatoms. The van der Waals surface area contributed by atoms with Crippen LogP contribution in [-0.2, 0) is 0 Å². The highest BCUT2D eigenvalue weighted by molar-refractivity contribution is 8.00. The highest BCUT2D eigenvalue weighted by atomic mass is 32.2. The smallest absolute Gasteiger partial charge is 0.254 e. The first-order valence-electron chi connectivity index (χ1n) is 6.22. The molecule has 3 nitrogen and oxygen atoms in total. The Balaban J connectivity index is 2.23. The summed E-state index contributed by atoms with van der Waals surface area (Å²) >= 11 is 1.92. The number of hydrogen-bond acceptors (Lipinski definition) is 3. The van der Waals surface area contributed by atoms with Gasteiger partial charge >= 0.3 is 0 Å².